The fourth-order valence-corrected chi connectivity index (χ4v) is 11.1. The lowest BCUT2D eigenvalue weighted by Crippen LogP contribution is -2.44. The number of rotatable bonds is 10. The lowest BCUT2D eigenvalue weighted by atomic mass is 9.91. The molecule has 336 valence electrons. The average molecular weight is 915 g/mol. The van der Waals surface area contributed by atoms with Gasteiger partial charge in [0.2, 0.25) is 0 Å². The largest absolute Gasteiger partial charge is 0.421 e. The Labute approximate surface area is 396 Å². The molecule has 0 spiro atoms. The van der Waals surface area contributed by atoms with Crippen molar-refractivity contribution in [3.05, 3.63) is 156 Å². The summed E-state index contributed by atoms with van der Waals surface area (Å²) in [4.78, 5) is 41.5. The van der Waals surface area contributed by atoms with Crippen molar-refractivity contribution in [2.45, 2.75) is 45.3 Å². The highest BCUT2D eigenvalue weighted by Gasteiger charge is 2.29. The van der Waals surface area contributed by atoms with Crippen LogP contribution >= 0.6 is 23.5 Å². The highest BCUT2D eigenvalue weighted by Crippen LogP contribution is 2.52. The number of hydrogen-bond acceptors (Lipinski definition) is 12. The predicted molar refractivity (Wildman–Crippen MR) is 268 cm³/mol. The molecule has 0 bridgehead atoms. The maximum atomic E-state index is 14.0. The number of carbonyl (C=O) groups excluding carboxylic acids is 2. The quantitative estimate of drug-likeness (QED) is 0.0778. The van der Waals surface area contributed by atoms with Crippen LogP contribution in [0.4, 0.5) is 34.1 Å². The van der Waals surface area contributed by atoms with Gasteiger partial charge >= 0.3 is 11.9 Å². The monoisotopic (exact) mass is 914 g/mol. The van der Waals surface area contributed by atoms with Crippen LogP contribution in [0.3, 0.4) is 0 Å². The number of hydrogen-bond donors (Lipinski definition) is 2. The third-order valence-electron chi connectivity index (χ3n) is 13.2. The Balaban J connectivity index is 0.914. The molecule has 12 heteroatoms. The van der Waals surface area contributed by atoms with E-state index in [9.17, 15) is 9.59 Å². The summed E-state index contributed by atoms with van der Waals surface area (Å²) in [6.07, 6.45) is 2.33. The molecule has 0 amide bonds. The van der Waals surface area contributed by atoms with Gasteiger partial charge in [-0.1, -0.05) is 98.0 Å². The molecule has 10 nitrogen and oxygen atoms in total. The second-order valence-electron chi connectivity index (χ2n) is 17.5. The molecule has 10 rings (SSSR count). The lowest BCUT2D eigenvalue weighted by Gasteiger charge is -2.34. The molecule has 0 radical (unpaired) electrons. The molecule has 0 aromatic heterocycles. The normalized spacial score (nSPS) is 16.8. The van der Waals surface area contributed by atoms with Gasteiger partial charge in [-0.25, -0.2) is 9.59 Å². The van der Waals surface area contributed by atoms with Crippen LogP contribution in [-0.4, -0.2) is 88.2 Å². The number of anilines is 6. The molecule has 4 aliphatic heterocycles. The van der Waals surface area contributed by atoms with Crippen LogP contribution in [0.2, 0.25) is 0 Å². The summed E-state index contributed by atoms with van der Waals surface area (Å²) >= 11 is 3.25. The number of esters is 2. The van der Waals surface area contributed by atoms with Crippen molar-refractivity contribution in [3.8, 4) is 11.5 Å². The van der Waals surface area contributed by atoms with Gasteiger partial charge in [0, 0.05) is 118 Å². The Hall–Kier alpha value is -6.18. The minimum absolute atomic E-state index is 0.110. The van der Waals surface area contributed by atoms with E-state index >= 15 is 0 Å². The van der Waals surface area contributed by atoms with Gasteiger partial charge in [0.05, 0.1) is 22.7 Å². The van der Waals surface area contributed by atoms with Gasteiger partial charge in [-0.2, -0.15) is 0 Å². The molecular formula is C54H54N6O4S2. The van der Waals surface area contributed by atoms with E-state index < -0.39 is 11.9 Å². The number of benzene rings is 6. The summed E-state index contributed by atoms with van der Waals surface area (Å²) in [7, 11) is 4.33. The van der Waals surface area contributed by atoms with Crippen LogP contribution in [0.25, 0.3) is 0 Å². The summed E-state index contributed by atoms with van der Waals surface area (Å²) in [5.74, 6) is -0.727. The molecule has 66 heavy (non-hydrogen) atoms. The number of nitrogens with one attached hydrogen (secondary N) is 2. The van der Waals surface area contributed by atoms with Gasteiger partial charge in [-0.15, -0.1) is 0 Å². The molecule has 2 atom stereocenters. The number of carbonyl (C=O) groups is 2. The number of ether oxygens (including phenoxy) is 2. The van der Waals surface area contributed by atoms with E-state index in [2.05, 4.69) is 131 Å². The van der Waals surface area contributed by atoms with Crippen LogP contribution in [-0.2, 0) is 9.59 Å². The Kier molecular flexibility index (Phi) is 12.6. The number of fused-ring (bicyclic) bond motifs is 4. The zero-order chi connectivity index (χ0) is 45.3. The molecule has 4 aliphatic rings. The molecule has 2 saturated heterocycles. The van der Waals surface area contributed by atoms with E-state index in [0.717, 1.165) is 129 Å². The van der Waals surface area contributed by atoms with Crippen LogP contribution < -0.4 is 29.9 Å². The summed E-state index contributed by atoms with van der Waals surface area (Å²) in [5, 5.41) is 7.13. The van der Waals surface area contributed by atoms with Gasteiger partial charge in [0.1, 0.15) is 0 Å². The van der Waals surface area contributed by atoms with E-state index in [0.29, 0.717) is 11.5 Å². The van der Waals surface area contributed by atoms with E-state index in [1.54, 1.807) is 23.5 Å². The Morgan fingerprint density at radius 1 is 0.500 bits per heavy atom. The third kappa shape index (κ3) is 9.15. The van der Waals surface area contributed by atoms with Crippen molar-refractivity contribution in [3.63, 3.8) is 0 Å². The Morgan fingerprint density at radius 3 is 1.27 bits per heavy atom. The van der Waals surface area contributed by atoms with E-state index in [1.165, 1.54) is 11.4 Å². The van der Waals surface area contributed by atoms with Crippen molar-refractivity contribution < 1.29 is 19.1 Å². The first-order chi connectivity index (χ1) is 32.1. The summed E-state index contributed by atoms with van der Waals surface area (Å²) in [5.41, 5.74) is 9.63. The second-order valence-corrected chi connectivity index (χ2v) is 19.7. The third-order valence-corrected chi connectivity index (χ3v) is 15.5. The highest BCUT2D eigenvalue weighted by atomic mass is 32.2. The first kappa shape index (κ1) is 43.7. The fourth-order valence-electron chi connectivity index (χ4n) is 9.14. The molecule has 6 aromatic rings. The summed E-state index contributed by atoms with van der Waals surface area (Å²) < 4.78 is 12.6. The average Bonchev–Trinajstić information content (AvgIpc) is 3.35. The van der Waals surface area contributed by atoms with E-state index in [1.807, 2.05) is 48.5 Å². The Bertz CT molecular complexity index is 2610. The van der Waals surface area contributed by atoms with Crippen LogP contribution in [0, 0.1) is 0 Å². The van der Waals surface area contributed by atoms with E-state index in [-0.39, 0.29) is 11.8 Å². The minimum atomic E-state index is -0.684. The topological polar surface area (TPSA) is 89.6 Å². The Morgan fingerprint density at radius 2 is 0.879 bits per heavy atom. The zero-order valence-electron chi connectivity index (χ0n) is 37.8. The number of piperazine rings is 2. The predicted octanol–water partition coefficient (Wildman–Crippen LogP) is 11.0. The fraction of sp³-hybridized carbons (Fsp3) is 0.259. The molecule has 4 heterocycles. The van der Waals surface area contributed by atoms with Crippen LogP contribution in [0.15, 0.2) is 153 Å². The van der Waals surface area contributed by atoms with Gasteiger partial charge in [0.15, 0.2) is 11.5 Å². The van der Waals surface area contributed by atoms with Crippen molar-refractivity contribution in [2.75, 3.05) is 86.9 Å². The molecular weight excluding hydrogens is 861 g/mol. The second kappa shape index (κ2) is 19.0. The van der Waals surface area contributed by atoms with Crippen LogP contribution in [0.1, 0.15) is 47.9 Å². The summed E-state index contributed by atoms with van der Waals surface area (Å²) in [6.45, 7) is 12.4. The molecule has 2 unspecified atom stereocenters. The van der Waals surface area contributed by atoms with Gasteiger partial charge in [-0.3, -0.25) is 0 Å². The standard InChI is InChI=1S/C54H54N6O4S2/c1-35(37-13-17-39(18-14-37)59-31-27-57(3)28-32-59)41-21-23-47-51(55-43-9-5-7-11-45(43)65-47)53(41)63-49(61)25-26-50(62)64-54-42(22-24-48-52(54)56-44-10-6-8-12-46(44)66-48)36(2)38-15-19-40(20-16-38)60-33-29-58(4)30-34-60/h5-26,35-36,55-56H,27-34H2,1-4H3/b26-25+. The van der Waals surface area contributed by atoms with Crippen LogP contribution in [0.5, 0.6) is 11.5 Å². The first-order valence-electron chi connectivity index (χ1n) is 22.8. The zero-order valence-corrected chi connectivity index (χ0v) is 39.4. The maximum absolute atomic E-state index is 14.0. The number of para-hydroxylation sites is 2. The number of nitrogens with zero attached hydrogens (tertiary/aromatic N) is 4. The molecule has 2 N–H and O–H groups in total. The smallest absolute Gasteiger partial charge is 0.336 e. The van der Waals surface area contributed by atoms with E-state index in [4.69, 9.17) is 9.47 Å². The minimum Gasteiger partial charge on any atom is -0.421 e. The number of likely N-dealkylation sites (N-methyl/N-ethyl adjacent to an activating group) is 2. The molecule has 0 saturated carbocycles. The van der Waals surface area contributed by atoms with Crippen molar-refractivity contribution in [2.24, 2.45) is 0 Å². The van der Waals surface area contributed by atoms with Gasteiger partial charge < -0.3 is 39.7 Å². The van der Waals surface area contributed by atoms with Crippen molar-refractivity contribution >= 4 is 69.6 Å². The first-order valence-corrected chi connectivity index (χ1v) is 24.4. The van der Waals surface area contributed by atoms with Crippen molar-refractivity contribution in [1.29, 1.82) is 0 Å². The SMILES string of the molecule is CC(c1ccc(N2CCN(C)CC2)cc1)c1ccc2c(c1OC(=O)/C=C/C(=O)Oc1c(C(C)c3ccc(N4CCN(C)CC4)cc3)ccc3c1Nc1ccccc1S3)Nc1ccccc1S2. The van der Waals surface area contributed by atoms with Gasteiger partial charge in [-0.05, 0) is 85.9 Å². The highest BCUT2D eigenvalue weighted by molar-refractivity contribution is 8.00. The summed E-state index contributed by atoms with van der Waals surface area (Å²) in [6, 6.07) is 41.9. The molecule has 2 fully saturated rings. The maximum Gasteiger partial charge on any atom is 0.336 e. The lowest BCUT2D eigenvalue weighted by molar-refractivity contribution is -0.131. The molecule has 6 aromatic carbocycles. The van der Waals surface area contributed by atoms with Gasteiger partial charge in [0.25, 0.3) is 0 Å². The van der Waals surface area contributed by atoms with Crippen molar-refractivity contribution in [1.82, 2.24) is 9.80 Å². The molecule has 0 aliphatic carbocycles.